The Morgan fingerprint density at radius 1 is 0.911 bits per heavy atom. The van der Waals surface area contributed by atoms with Gasteiger partial charge in [-0.1, -0.05) is 18.2 Å². The van der Waals surface area contributed by atoms with Crippen LogP contribution in [0.25, 0.3) is 39.4 Å². The fourth-order valence-electron chi connectivity index (χ4n) is 4.67. The van der Waals surface area contributed by atoms with Gasteiger partial charge in [0, 0.05) is 46.6 Å². The molecule has 0 N–H and O–H groups in total. The molecule has 0 fully saturated rings. The van der Waals surface area contributed by atoms with Gasteiger partial charge in [-0.05, 0) is 68.5 Å². The van der Waals surface area contributed by atoms with Crippen LogP contribution < -0.4 is 4.74 Å². The number of nitrogens with zero attached hydrogens (tertiary/aromatic N) is 4. The lowest BCUT2D eigenvalue weighted by Crippen LogP contribution is -2.16. The minimum atomic E-state index is -4.88. The van der Waals surface area contributed by atoms with Gasteiger partial charge in [0.2, 0.25) is 0 Å². The van der Waals surface area contributed by atoms with Gasteiger partial charge in [-0.2, -0.15) is 13.2 Å². The summed E-state index contributed by atoms with van der Waals surface area (Å²) in [6.45, 7) is 1.99. The van der Waals surface area contributed by atoms with Gasteiger partial charge in [0.15, 0.2) is 17.3 Å². The lowest BCUT2D eigenvalue weighted by Gasteiger charge is -2.14. The third kappa shape index (κ3) is 7.40. The molecule has 45 heavy (non-hydrogen) atoms. The summed E-state index contributed by atoms with van der Waals surface area (Å²) >= 11 is 0.318. The van der Waals surface area contributed by atoms with Crippen LogP contribution in [0.4, 0.5) is 26.3 Å². The van der Waals surface area contributed by atoms with Crippen molar-refractivity contribution in [2.45, 2.75) is 30.8 Å². The van der Waals surface area contributed by atoms with Crippen molar-refractivity contribution in [2.24, 2.45) is 0 Å². The highest BCUT2D eigenvalue weighted by Crippen LogP contribution is 2.40. The molecule has 5 rings (SSSR count). The zero-order valence-electron chi connectivity index (χ0n) is 24.0. The Kier molecular flexibility index (Phi) is 8.81. The molecule has 7 nitrogen and oxygen atoms in total. The number of likely N-dealkylation sites (N-methyl/N-ethyl adjacent to an activating group) is 1. The molecule has 3 aromatic carbocycles. The van der Waals surface area contributed by atoms with Crippen LogP contribution >= 0.6 is 0 Å². The average Bonchev–Trinajstić information content (AvgIpc) is 3.59. The van der Waals surface area contributed by atoms with Crippen molar-refractivity contribution in [3.63, 3.8) is 0 Å². The maximum Gasteiger partial charge on any atom is 0.573 e. The van der Waals surface area contributed by atoms with Gasteiger partial charge in [-0.3, -0.25) is 0 Å². The number of imidazole rings is 1. The first kappa shape index (κ1) is 31.9. The van der Waals surface area contributed by atoms with Crippen LogP contribution in [0.5, 0.6) is 5.75 Å². The topological polar surface area (TPSA) is 73.4 Å². The normalized spacial score (nSPS) is 12.1. The van der Waals surface area contributed by atoms with E-state index in [1.54, 1.807) is 42.5 Å². The first-order chi connectivity index (χ1) is 21.2. The third-order valence-electron chi connectivity index (χ3n) is 6.74. The number of aryl methyl sites for hydroxylation is 1. The second-order valence-corrected chi connectivity index (χ2v) is 10.9. The SMILES string of the molecule is Cc1nc(C(F)(F)F)cn1-c1ccc(-c2cccc([S+]=O)c2)cc1-c1oc(CCN(C)C)nc1-c1ccc(OC(F)(F)F)cc1. The fraction of sp³-hybridized carbons (Fsp3) is 0.226. The van der Waals surface area contributed by atoms with Crippen molar-refractivity contribution in [2.75, 3.05) is 20.6 Å². The zero-order chi connectivity index (χ0) is 32.5. The molecule has 2 heterocycles. The average molecular weight is 648 g/mol. The lowest BCUT2D eigenvalue weighted by atomic mass is 9.98. The van der Waals surface area contributed by atoms with Crippen LogP contribution in [0.2, 0.25) is 0 Å². The summed E-state index contributed by atoms with van der Waals surface area (Å²) in [6.07, 6.45) is -8.32. The Labute approximate surface area is 257 Å². The van der Waals surface area contributed by atoms with Crippen LogP contribution in [-0.2, 0) is 28.5 Å². The van der Waals surface area contributed by atoms with E-state index in [4.69, 9.17) is 4.42 Å². The molecule has 0 atom stereocenters. The molecule has 0 aliphatic carbocycles. The molecule has 0 saturated heterocycles. The highest BCUT2D eigenvalue weighted by Gasteiger charge is 2.35. The van der Waals surface area contributed by atoms with E-state index in [0.717, 1.165) is 18.3 Å². The molecule has 0 radical (unpaired) electrons. The molecule has 14 heteroatoms. The fourth-order valence-corrected chi connectivity index (χ4v) is 4.98. The monoisotopic (exact) mass is 647 g/mol. The van der Waals surface area contributed by atoms with Gasteiger partial charge in [-0.15, -0.1) is 13.2 Å². The molecular formula is C31H25F6N4O3S+. The number of halogens is 6. The number of benzene rings is 3. The number of aromatic nitrogens is 3. The third-order valence-corrected chi connectivity index (χ3v) is 7.19. The number of oxazole rings is 1. The van der Waals surface area contributed by atoms with Gasteiger partial charge >= 0.3 is 24.2 Å². The number of hydrogen-bond donors (Lipinski definition) is 0. The lowest BCUT2D eigenvalue weighted by molar-refractivity contribution is -0.274. The highest BCUT2D eigenvalue weighted by atomic mass is 32.1. The summed E-state index contributed by atoms with van der Waals surface area (Å²) in [5, 5.41) is 0. The van der Waals surface area contributed by atoms with Crippen molar-refractivity contribution >= 4 is 11.7 Å². The van der Waals surface area contributed by atoms with Crippen LogP contribution in [0, 0.1) is 6.92 Å². The predicted octanol–water partition coefficient (Wildman–Crippen LogP) is 7.98. The molecule has 234 valence electrons. The van der Waals surface area contributed by atoms with E-state index < -0.39 is 24.0 Å². The van der Waals surface area contributed by atoms with Gasteiger partial charge in [-0.25, -0.2) is 9.97 Å². The summed E-state index contributed by atoms with van der Waals surface area (Å²) in [4.78, 5) is 10.7. The molecule has 0 amide bonds. The molecule has 0 saturated carbocycles. The van der Waals surface area contributed by atoms with E-state index in [1.807, 2.05) is 19.0 Å². The maximum absolute atomic E-state index is 13.6. The van der Waals surface area contributed by atoms with Crippen molar-refractivity contribution < 1.29 is 39.7 Å². The summed E-state index contributed by atoms with van der Waals surface area (Å²) < 4.78 is 102. The van der Waals surface area contributed by atoms with E-state index in [1.165, 1.54) is 23.6 Å². The van der Waals surface area contributed by atoms with Crippen molar-refractivity contribution in [1.82, 2.24) is 19.4 Å². The van der Waals surface area contributed by atoms with Crippen LogP contribution in [-0.4, -0.2) is 46.4 Å². The molecule has 0 bridgehead atoms. The number of rotatable bonds is 9. The smallest absolute Gasteiger partial charge is 0.440 e. The highest BCUT2D eigenvalue weighted by molar-refractivity contribution is 7.65. The van der Waals surface area contributed by atoms with Gasteiger partial charge < -0.3 is 18.6 Å². The number of hydrogen-bond acceptors (Lipinski definition) is 6. The summed E-state index contributed by atoms with van der Waals surface area (Å²) in [5.74, 6) is 0.116. The van der Waals surface area contributed by atoms with E-state index in [9.17, 15) is 30.6 Å². The Morgan fingerprint density at radius 3 is 2.22 bits per heavy atom. The largest absolute Gasteiger partial charge is 0.573 e. The standard InChI is InChI=1S/C31H25F6N4O3S/c1-18-38-26(30(32,33)34)17-41(18)25-12-9-21(20-5-4-6-23(15-20)45-42)16-24(25)29-28(39-27(43-29)13-14-40(2)3)19-7-10-22(11-8-19)44-31(35,36)37/h4-12,15-17H,13-14H2,1-3H3/q+1. The van der Waals surface area contributed by atoms with Crippen LogP contribution in [0.15, 0.2) is 82.2 Å². The first-order valence-electron chi connectivity index (χ1n) is 13.4. The number of ether oxygens (including phenoxy) is 1. The van der Waals surface area contributed by atoms with E-state index in [2.05, 4.69) is 14.7 Å². The van der Waals surface area contributed by atoms with Crippen LogP contribution in [0.1, 0.15) is 17.4 Å². The summed E-state index contributed by atoms with van der Waals surface area (Å²) in [6, 6.07) is 16.9. The van der Waals surface area contributed by atoms with Crippen LogP contribution in [0.3, 0.4) is 0 Å². The Bertz CT molecular complexity index is 1830. The summed E-state index contributed by atoms with van der Waals surface area (Å²) in [5.41, 5.74) is 1.50. The summed E-state index contributed by atoms with van der Waals surface area (Å²) in [7, 11) is 3.72. The van der Waals surface area contributed by atoms with Gasteiger partial charge in [0.25, 0.3) is 4.90 Å². The van der Waals surface area contributed by atoms with E-state index in [0.29, 0.717) is 63.4 Å². The molecule has 2 aromatic heterocycles. The Hall–Kier alpha value is -4.56. The molecule has 0 unspecified atom stereocenters. The molecule has 0 aliphatic rings. The molecule has 0 spiro atoms. The number of alkyl halides is 6. The van der Waals surface area contributed by atoms with E-state index in [-0.39, 0.29) is 17.3 Å². The quantitative estimate of drug-likeness (QED) is 0.119. The van der Waals surface area contributed by atoms with E-state index >= 15 is 0 Å². The molecule has 0 aliphatic heterocycles. The Balaban J connectivity index is 1.73. The van der Waals surface area contributed by atoms with Crippen molar-refractivity contribution in [3.05, 3.63) is 90.3 Å². The van der Waals surface area contributed by atoms with Crippen molar-refractivity contribution in [3.8, 4) is 45.1 Å². The minimum absolute atomic E-state index is 0.0589. The molecule has 5 aromatic rings. The zero-order valence-corrected chi connectivity index (χ0v) is 24.8. The Morgan fingerprint density at radius 2 is 1.60 bits per heavy atom. The maximum atomic E-state index is 13.6. The van der Waals surface area contributed by atoms with Crippen molar-refractivity contribution in [1.29, 1.82) is 0 Å². The second kappa shape index (κ2) is 12.4. The molecular weight excluding hydrogens is 622 g/mol. The van der Waals surface area contributed by atoms with Gasteiger partial charge in [0.1, 0.15) is 17.3 Å². The predicted molar refractivity (Wildman–Crippen MR) is 155 cm³/mol. The minimum Gasteiger partial charge on any atom is -0.440 e. The van der Waals surface area contributed by atoms with Gasteiger partial charge in [0.05, 0.1) is 5.69 Å². The first-order valence-corrected chi connectivity index (χ1v) is 14.1. The second-order valence-electron chi connectivity index (χ2n) is 10.3.